The molecule has 0 spiro atoms. The van der Waals surface area contributed by atoms with Crippen molar-refractivity contribution >= 4 is 51.3 Å². The molecule has 0 radical (unpaired) electrons. The molecule has 0 saturated carbocycles. The third-order valence-electron chi connectivity index (χ3n) is 3.30. The predicted molar refractivity (Wildman–Crippen MR) is 89.9 cm³/mol. The van der Waals surface area contributed by atoms with Crippen LogP contribution in [0.1, 0.15) is 12.8 Å². The Morgan fingerprint density at radius 2 is 2.10 bits per heavy atom. The summed E-state index contributed by atoms with van der Waals surface area (Å²) in [6, 6.07) is 7.68. The smallest absolute Gasteiger partial charge is 0.329 e. The van der Waals surface area contributed by atoms with Crippen LogP contribution in [0.5, 0.6) is 0 Å². The van der Waals surface area contributed by atoms with Gasteiger partial charge < -0.3 is 10.4 Å². The molecule has 21 heavy (non-hydrogen) atoms. The van der Waals surface area contributed by atoms with Gasteiger partial charge >= 0.3 is 5.97 Å². The summed E-state index contributed by atoms with van der Waals surface area (Å²) in [7, 11) is 0. The number of thioether (sulfide) groups is 2. The fourth-order valence-electron chi connectivity index (χ4n) is 2.12. The van der Waals surface area contributed by atoms with Crippen molar-refractivity contribution in [3.8, 4) is 0 Å². The molecular formula is C14H16BrNO3S2. The van der Waals surface area contributed by atoms with Crippen LogP contribution in [-0.4, -0.2) is 39.8 Å². The van der Waals surface area contributed by atoms with E-state index in [-0.39, 0.29) is 11.7 Å². The third-order valence-corrected chi connectivity index (χ3v) is 5.77. The lowest BCUT2D eigenvalue weighted by molar-refractivity contribution is -0.147. The van der Waals surface area contributed by atoms with E-state index in [1.54, 1.807) is 11.8 Å². The number of carbonyl (C=O) groups is 2. The normalized spacial score (nSPS) is 17.2. The topological polar surface area (TPSA) is 66.4 Å². The standard InChI is InChI=1S/C14H16BrNO3S2/c15-10-2-1-3-11(8-10)21-9-12(17)16-14(13(18)19)4-6-20-7-5-14/h1-3,8H,4-7,9H2,(H,16,17)(H,18,19). The van der Waals surface area contributed by atoms with Crippen LogP contribution in [0, 0.1) is 0 Å². The lowest BCUT2D eigenvalue weighted by Gasteiger charge is -2.33. The molecule has 0 aliphatic carbocycles. The number of nitrogens with one attached hydrogen (secondary N) is 1. The van der Waals surface area contributed by atoms with Gasteiger partial charge in [-0.3, -0.25) is 4.79 Å². The summed E-state index contributed by atoms with van der Waals surface area (Å²) in [6.45, 7) is 0. The van der Waals surface area contributed by atoms with Crippen LogP contribution in [0.3, 0.4) is 0 Å². The van der Waals surface area contributed by atoms with Gasteiger partial charge in [0, 0.05) is 9.37 Å². The molecule has 114 valence electrons. The fraction of sp³-hybridized carbons (Fsp3) is 0.429. The predicted octanol–water partition coefficient (Wildman–Crippen LogP) is 3.01. The van der Waals surface area contributed by atoms with Gasteiger partial charge in [0.1, 0.15) is 5.54 Å². The van der Waals surface area contributed by atoms with Gasteiger partial charge in [0.15, 0.2) is 0 Å². The number of hydrogen-bond donors (Lipinski definition) is 2. The monoisotopic (exact) mass is 389 g/mol. The first-order valence-electron chi connectivity index (χ1n) is 6.52. The van der Waals surface area contributed by atoms with Crippen LogP contribution in [0.15, 0.2) is 33.6 Å². The molecule has 1 fully saturated rings. The second-order valence-corrected chi connectivity index (χ2v) is 7.98. The number of benzene rings is 1. The Bertz CT molecular complexity index is 533. The highest BCUT2D eigenvalue weighted by molar-refractivity contribution is 9.10. The fourth-order valence-corrected chi connectivity index (χ4v) is 4.62. The summed E-state index contributed by atoms with van der Waals surface area (Å²) in [6.07, 6.45) is 0.973. The van der Waals surface area contributed by atoms with E-state index in [0.29, 0.717) is 12.8 Å². The van der Waals surface area contributed by atoms with Crippen molar-refractivity contribution in [1.29, 1.82) is 0 Å². The Morgan fingerprint density at radius 3 is 2.71 bits per heavy atom. The summed E-state index contributed by atoms with van der Waals surface area (Å²) in [5, 5.41) is 12.2. The minimum Gasteiger partial charge on any atom is -0.480 e. The van der Waals surface area contributed by atoms with E-state index in [2.05, 4.69) is 21.2 Å². The first-order valence-corrected chi connectivity index (χ1v) is 9.46. The number of halogens is 1. The Kier molecular flexibility index (Phi) is 6.01. The largest absolute Gasteiger partial charge is 0.480 e. The maximum Gasteiger partial charge on any atom is 0.329 e. The van der Waals surface area contributed by atoms with Gasteiger partial charge in [-0.25, -0.2) is 4.79 Å². The van der Waals surface area contributed by atoms with Crippen molar-refractivity contribution in [2.75, 3.05) is 17.3 Å². The average molecular weight is 390 g/mol. The summed E-state index contributed by atoms with van der Waals surface area (Å²) < 4.78 is 0.958. The van der Waals surface area contributed by atoms with Crippen molar-refractivity contribution in [2.24, 2.45) is 0 Å². The van der Waals surface area contributed by atoms with E-state index in [9.17, 15) is 14.7 Å². The van der Waals surface area contributed by atoms with Crippen molar-refractivity contribution in [3.63, 3.8) is 0 Å². The minimum absolute atomic E-state index is 0.221. The van der Waals surface area contributed by atoms with E-state index in [1.807, 2.05) is 24.3 Å². The second-order valence-electron chi connectivity index (χ2n) is 4.79. The SMILES string of the molecule is O=C(CSc1cccc(Br)c1)NC1(C(=O)O)CCSCC1. The minimum atomic E-state index is -1.08. The van der Waals surface area contributed by atoms with Gasteiger partial charge in [0.25, 0.3) is 0 Å². The molecule has 1 aliphatic heterocycles. The lowest BCUT2D eigenvalue weighted by atomic mass is 9.92. The molecule has 1 amide bonds. The third kappa shape index (κ3) is 4.66. The van der Waals surface area contributed by atoms with E-state index in [4.69, 9.17) is 0 Å². The zero-order valence-corrected chi connectivity index (χ0v) is 14.5. The maximum atomic E-state index is 12.1. The van der Waals surface area contributed by atoms with Crippen LogP contribution in [0.4, 0.5) is 0 Å². The van der Waals surface area contributed by atoms with E-state index < -0.39 is 11.5 Å². The quantitative estimate of drug-likeness (QED) is 0.757. The van der Waals surface area contributed by atoms with Gasteiger partial charge in [-0.1, -0.05) is 22.0 Å². The van der Waals surface area contributed by atoms with Gasteiger partial charge in [-0.15, -0.1) is 11.8 Å². The molecule has 7 heteroatoms. The molecule has 1 aliphatic rings. The Morgan fingerprint density at radius 1 is 1.38 bits per heavy atom. The first-order chi connectivity index (χ1) is 10.0. The van der Waals surface area contributed by atoms with E-state index >= 15 is 0 Å². The second kappa shape index (κ2) is 7.56. The van der Waals surface area contributed by atoms with Gasteiger partial charge in [-0.05, 0) is 42.5 Å². The van der Waals surface area contributed by atoms with Gasteiger partial charge in [-0.2, -0.15) is 11.8 Å². The summed E-state index contributed by atoms with van der Waals surface area (Å²) in [5.74, 6) is 0.605. The van der Waals surface area contributed by atoms with Crippen LogP contribution in [-0.2, 0) is 9.59 Å². The van der Waals surface area contributed by atoms with Crippen molar-refractivity contribution in [3.05, 3.63) is 28.7 Å². The Balaban J connectivity index is 1.92. The molecule has 1 aromatic carbocycles. The Labute approximate surface area is 140 Å². The summed E-state index contributed by atoms with van der Waals surface area (Å²) in [5.41, 5.74) is -1.08. The van der Waals surface area contributed by atoms with E-state index in [1.165, 1.54) is 11.8 Å². The average Bonchev–Trinajstić information content (AvgIpc) is 2.46. The number of aliphatic carboxylic acids is 1. The van der Waals surface area contributed by atoms with Crippen molar-refractivity contribution < 1.29 is 14.7 Å². The Hall–Kier alpha value is -0.660. The highest BCUT2D eigenvalue weighted by atomic mass is 79.9. The molecule has 1 aromatic rings. The summed E-state index contributed by atoms with van der Waals surface area (Å²) >= 11 is 6.51. The maximum absolute atomic E-state index is 12.1. The molecule has 0 aromatic heterocycles. The first kappa shape index (κ1) is 16.7. The van der Waals surface area contributed by atoms with E-state index in [0.717, 1.165) is 20.9 Å². The number of carboxylic acid groups (broad SMARTS) is 1. The molecule has 0 unspecified atom stereocenters. The molecule has 4 nitrogen and oxygen atoms in total. The highest BCUT2D eigenvalue weighted by Crippen LogP contribution is 2.28. The number of carbonyl (C=O) groups excluding carboxylic acids is 1. The number of rotatable bonds is 5. The summed E-state index contributed by atoms with van der Waals surface area (Å²) in [4.78, 5) is 24.5. The molecule has 2 rings (SSSR count). The van der Waals surface area contributed by atoms with Crippen LogP contribution < -0.4 is 5.32 Å². The molecule has 1 heterocycles. The molecule has 0 atom stereocenters. The molecular weight excluding hydrogens is 374 g/mol. The molecule has 1 saturated heterocycles. The number of hydrogen-bond acceptors (Lipinski definition) is 4. The van der Waals surface area contributed by atoms with Crippen molar-refractivity contribution in [2.45, 2.75) is 23.3 Å². The molecule has 0 bridgehead atoms. The van der Waals surface area contributed by atoms with Gasteiger partial charge in [0.05, 0.1) is 5.75 Å². The number of carboxylic acids is 1. The van der Waals surface area contributed by atoms with Crippen LogP contribution >= 0.6 is 39.5 Å². The van der Waals surface area contributed by atoms with Gasteiger partial charge in [0.2, 0.25) is 5.91 Å². The zero-order valence-electron chi connectivity index (χ0n) is 11.3. The zero-order chi connectivity index (χ0) is 15.3. The lowest BCUT2D eigenvalue weighted by Crippen LogP contribution is -2.57. The van der Waals surface area contributed by atoms with Crippen molar-refractivity contribution in [1.82, 2.24) is 5.32 Å². The van der Waals surface area contributed by atoms with Crippen LogP contribution in [0.25, 0.3) is 0 Å². The van der Waals surface area contributed by atoms with Crippen LogP contribution in [0.2, 0.25) is 0 Å². The highest BCUT2D eigenvalue weighted by Gasteiger charge is 2.41. The number of amides is 1. The molecule has 2 N–H and O–H groups in total.